The summed E-state index contributed by atoms with van der Waals surface area (Å²) in [6.45, 7) is 1.96. The van der Waals surface area contributed by atoms with Crippen LogP contribution in [0.4, 0.5) is 0 Å². The Balaban J connectivity index is 2.09. The van der Waals surface area contributed by atoms with Crippen molar-refractivity contribution in [2.45, 2.75) is 6.92 Å². The van der Waals surface area contributed by atoms with Crippen LogP contribution in [0.2, 0.25) is 0 Å². The number of aryl methyl sites for hydroxylation is 1. The lowest BCUT2D eigenvalue weighted by atomic mass is 10.2. The number of rotatable bonds is 5. The van der Waals surface area contributed by atoms with E-state index >= 15 is 0 Å². The summed E-state index contributed by atoms with van der Waals surface area (Å²) in [6.07, 6.45) is 0. The van der Waals surface area contributed by atoms with Crippen molar-refractivity contribution in [2.75, 3.05) is 14.1 Å². The number of ether oxygens (including phenoxy) is 1. The highest BCUT2D eigenvalue weighted by Crippen LogP contribution is 2.22. The van der Waals surface area contributed by atoms with Crippen molar-refractivity contribution in [1.82, 2.24) is 9.03 Å². The van der Waals surface area contributed by atoms with Crippen LogP contribution in [0.25, 0.3) is 0 Å². The van der Waals surface area contributed by atoms with Crippen molar-refractivity contribution in [3.8, 4) is 11.5 Å². The number of hydrogen-bond acceptors (Lipinski definition) is 4. The minimum Gasteiger partial charge on any atom is -0.457 e. The average molecular weight is 334 g/mol. The van der Waals surface area contributed by atoms with Crippen LogP contribution < -0.4 is 9.46 Å². The van der Waals surface area contributed by atoms with E-state index in [-0.39, 0.29) is 5.56 Å². The molecule has 2 aromatic carbocycles. The molecule has 0 heterocycles. The Morgan fingerprint density at radius 3 is 2.26 bits per heavy atom. The zero-order valence-electron chi connectivity index (χ0n) is 13.1. The van der Waals surface area contributed by atoms with E-state index in [2.05, 4.69) is 0 Å². The molecule has 0 aliphatic heterocycles. The average Bonchev–Trinajstić information content (AvgIpc) is 2.47. The van der Waals surface area contributed by atoms with E-state index in [1.54, 1.807) is 12.1 Å². The number of nitrogens with zero attached hydrogens (tertiary/aromatic N) is 1. The molecule has 2 rings (SSSR count). The van der Waals surface area contributed by atoms with Crippen LogP contribution in [0.3, 0.4) is 0 Å². The Morgan fingerprint density at radius 1 is 1.04 bits per heavy atom. The number of carbonyl (C=O) groups is 1. The summed E-state index contributed by atoms with van der Waals surface area (Å²) in [5.41, 5.74) is 1.31. The van der Waals surface area contributed by atoms with Gasteiger partial charge in [0.2, 0.25) is 0 Å². The Labute approximate surface area is 135 Å². The molecule has 0 aromatic heterocycles. The molecular formula is C16H18N2O4S. The van der Waals surface area contributed by atoms with E-state index in [1.165, 1.54) is 26.2 Å². The van der Waals surface area contributed by atoms with Gasteiger partial charge >= 0.3 is 10.2 Å². The molecule has 0 unspecified atom stereocenters. The summed E-state index contributed by atoms with van der Waals surface area (Å²) in [6, 6.07) is 13.8. The minimum absolute atomic E-state index is 0.229. The van der Waals surface area contributed by atoms with Gasteiger partial charge in [0.15, 0.2) is 0 Å². The van der Waals surface area contributed by atoms with Gasteiger partial charge < -0.3 is 4.74 Å². The molecule has 0 aliphatic carbocycles. The highest BCUT2D eigenvalue weighted by molar-refractivity contribution is 7.87. The van der Waals surface area contributed by atoms with Crippen molar-refractivity contribution in [3.63, 3.8) is 0 Å². The monoisotopic (exact) mass is 334 g/mol. The molecule has 0 spiro atoms. The SMILES string of the molecule is Cc1cccc(Oc2ccc(C(=O)NS(=O)(=O)N(C)C)cc2)c1. The van der Waals surface area contributed by atoms with Crippen LogP contribution in [-0.4, -0.2) is 32.7 Å². The van der Waals surface area contributed by atoms with E-state index in [0.29, 0.717) is 11.5 Å². The maximum atomic E-state index is 11.9. The van der Waals surface area contributed by atoms with Gasteiger partial charge in [-0.15, -0.1) is 0 Å². The molecule has 7 heteroatoms. The predicted octanol–water partition coefficient (Wildman–Crippen LogP) is 2.32. The number of benzene rings is 2. The molecule has 0 atom stereocenters. The topological polar surface area (TPSA) is 75.7 Å². The molecule has 0 saturated heterocycles. The molecule has 1 N–H and O–H groups in total. The zero-order chi connectivity index (χ0) is 17.0. The molecule has 2 aromatic rings. The largest absolute Gasteiger partial charge is 0.457 e. The third-order valence-corrected chi connectivity index (χ3v) is 4.45. The second-order valence-electron chi connectivity index (χ2n) is 5.16. The van der Waals surface area contributed by atoms with Gasteiger partial charge in [-0.25, -0.2) is 4.72 Å². The standard InChI is InChI=1S/C16H18N2O4S/c1-12-5-4-6-15(11-12)22-14-9-7-13(8-10-14)16(19)17-23(20,21)18(2)3/h4-11H,1-3H3,(H,17,19). The van der Waals surface area contributed by atoms with Crippen LogP contribution >= 0.6 is 0 Å². The summed E-state index contributed by atoms with van der Waals surface area (Å²) in [4.78, 5) is 11.9. The molecule has 6 nitrogen and oxygen atoms in total. The number of nitrogens with one attached hydrogen (secondary N) is 1. The second kappa shape index (κ2) is 6.80. The van der Waals surface area contributed by atoms with Gasteiger partial charge in [0.05, 0.1) is 0 Å². The molecule has 0 radical (unpaired) electrons. The van der Waals surface area contributed by atoms with Gasteiger partial charge in [0.1, 0.15) is 11.5 Å². The van der Waals surface area contributed by atoms with Gasteiger partial charge in [-0.3, -0.25) is 4.79 Å². The molecule has 0 saturated carbocycles. The van der Waals surface area contributed by atoms with Gasteiger partial charge in [-0.05, 0) is 48.9 Å². The lowest BCUT2D eigenvalue weighted by Crippen LogP contribution is -2.39. The first-order valence-electron chi connectivity index (χ1n) is 6.87. The fourth-order valence-electron chi connectivity index (χ4n) is 1.76. The van der Waals surface area contributed by atoms with Crippen LogP contribution in [0, 0.1) is 6.92 Å². The van der Waals surface area contributed by atoms with Crippen LogP contribution in [0.1, 0.15) is 15.9 Å². The van der Waals surface area contributed by atoms with Crippen molar-refractivity contribution in [3.05, 3.63) is 59.7 Å². The minimum atomic E-state index is -3.81. The summed E-state index contributed by atoms with van der Waals surface area (Å²) >= 11 is 0. The molecule has 23 heavy (non-hydrogen) atoms. The highest BCUT2D eigenvalue weighted by Gasteiger charge is 2.18. The fourth-order valence-corrected chi connectivity index (χ4v) is 2.29. The first-order chi connectivity index (χ1) is 10.8. The van der Waals surface area contributed by atoms with E-state index in [1.807, 2.05) is 35.9 Å². The normalized spacial score (nSPS) is 11.3. The Hall–Kier alpha value is -2.38. The molecule has 1 amide bonds. The summed E-state index contributed by atoms with van der Waals surface area (Å²) in [5.74, 6) is 0.556. The van der Waals surface area contributed by atoms with E-state index < -0.39 is 16.1 Å². The van der Waals surface area contributed by atoms with Crippen molar-refractivity contribution in [2.24, 2.45) is 0 Å². The zero-order valence-corrected chi connectivity index (χ0v) is 13.9. The maximum Gasteiger partial charge on any atom is 0.303 e. The van der Waals surface area contributed by atoms with Gasteiger partial charge in [0.25, 0.3) is 5.91 Å². The lowest BCUT2D eigenvalue weighted by molar-refractivity contribution is 0.0979. The molecular weight excluding hydrogens is 316 g/mol. The quantitative estimate of drug-likeness (QED) is 0.910. The Bertz CT molecular complexity index is 799. The van der Waals surface area contributed by atoms with Gasteiger partial charge in [0, 0.05) is 19.7 Å². The maximum absolute atomic E-state index is 11.9. The van der Waals surface area contributed by atoms with Crippen LogP contribution in [0.5, 0.6) is 11.5 Å². The van der Waals surface area contributed by atoms with E-state index in [0.717, 1.165) is 9.87 Å². The third kappa shape index (κ3) is 4.54. The smallest absolute Gasteiger partial charge is 0.303 e. The second-order valence-corrected chi connectivity index (χ2v) is 7.05. The Morgan fingerprint density at radius 2 is 1.70 bits per heavy atom. The molecule has 0 bridgehead atoms. The van der Waals surface area contributed by atoms with Gasteiger partial charge in [-0.1, -0.05) is 12.1 Å². The van der Waals surface area contributed by atoms with E-state index in [9.17, 15) is 13.2 Å². The van der Waals surface area contributed by atoms with Gasteiger partial charge in [-0.2, -0.15) is 12.7 Å². The number of amides is 1. The first-order valence-corrected chi connectivity index (χ1v) is 8.31. The van der Waals surface area contributed by atoms with Crippen molar-refractivity contribution < 1.29 is 17.9 Å². The van der Waals surface area contributed by atoms with Crippen molar-refractivity contribution in [1.29, 1.82) is 0 Å². The fraction of sp³-hybridized carbons (Fsp3) is 0.188. The summed E-state index contributed by atoms with van der Waals surface area (Å²) < 4.78 is 31.8. The van der Waals surface area contributed by atoms with Crippen LogP contribution in [0.15, 0.2) is 48.5 Å². The lowest BCUT2D eigenvalue weighted by Gasteiger charge is -2.12. The Kier molecular flexibility index (Phi) is 5.02. The summed E-state index contributed by atoms with van der Waals surface area (Å²) in [7, 11) is -1.12. The summed E-state index contributed by atoms with van der Waals surface area (Å²) in [5, 5.41) is 0. The van der Waals surface area contributed by atoms with E-state index in [4.69, 9.17) is 4.74 Å². The number of carbonyl (C=O) groups excluding carboxylic acids is 1. The molecule has 0 fully saturated rings. The number of hydrogen-bond donors (Lipinski definition) is 1. The first kappa shape index (κ1) is 17.0. The predicted molar refractivity (Wildman–Crippen MR) is 87.8 cm³/mol. The highest BCUT2D eigenvalue weighted by atomic mass is 32.2. The molecule has 0 aliphatic rings. The van der Waals surface area contributed by atoms with Crippen LogP contribution in [-0.2, 0) is 10.2 Å². The molecule has 122 valence electrons. The van der Waals surface area contributed by atoms with Crippen molar-refractivity contribution >= 4 is 16.1 Å². The third-order valence-electron chi connectivity index (χ3n) is 3.04.